The zero-order chi connectivity index (χ0) is 14.8. The molecule has 2 heterocycles. The third-order valence-corrected chi connectivity index (χ3v) is 4.22. The standard InChI is InChI=1S/C14H22N6O/c1-10-16-12(9-13-17-18-14(21)20(10)13)19(8-4-7-15)11-5-2-3-6-11/h9,11H,2-8,15H2,1H3,(H,18,21). The van der Waals surface area contributed by atoms with E-state index in [2.05, 4.69) is 20.1 Å². The Kier molecular flexibility index (Phi) is 3.92. The van der Waals surface area contributed by atoms with E-state index in [-0.39, 0.29) is 5.69 Å². The van der Waals surface area contributed by atoms with Crippen molar-refractivity contribution in [2.45, 2.75) is 45.1 Å². The first-order chi connectivity index (χ1) is 10.2. The molecule has 1 saturated carbocycles. The average molecular weight is 290 g/mol. The second kappa shape index (κ2) is 5.85. The highest BCUT2D eigenvalue weighted by Crippen LogP contribution is 2.27. The van der Waals surface area contributed by atoms with Gasteiger partial charge in [0.2, 0.25) is 0 Å². The Hall–Kier alpha value is -1.89. The number of aryl methyl sites for hydroxylation is 1. The van der Waals surface area contributed by atoms with Crippen molar-refractivity contribution >= 4 is 11.5 Å². The number of nitrogens with two attached hydrogens (primary N) is 1. The lowest BCUT2D eigenvalue weighted by molar-refractivity contribution is 0.585. The maximum absolute atomic E-state index is 11.7. The molecule has 2 aromatic heterocycles. The number of aromatic amines is 1. The van der Waals surface area contributed by atoms with Gasteiger partial charge in [-0.25, -0.2) is 19.3 Å². The summed E-state index contributed by atoms with van der Waals surface area (Å²) in [6, 6.07) is 2.41. The van der Waals surface area contributed by atoms with Crippen molar-refractivity contribution in [2.24, 2.45) is 5.73 Å². The minimum atomic E-state index is -0.240. The molecule has 1 fully saturated rings. The van der Waals surface area contributed by atoms with Crippen molar-refractivity contribution in [3.05, 3.63) is 22.4 Å². The molecule has 0 radical (unpaired) electrons. The molecular weight excluding hydrogens is 268 g/mol. The minimum absolute atomic E-state index is 0.240. The van der Waals surface area contributed by atoms with E-state index in [1.165, 1.54) is 30.1 Å². The van der Waals surface area contributed by atoms with Gasteiger partial charge < -0.3 is 10.6 Å². The van der Waals surface area contributed by atoms with E-state index in [0.29, 0.717) is 24.1 Å². The van der Waals surface area contributed by atoms with E-state index in [9.17, 15) is 4.79 Å². The summed E-state index contributed by atoms with van der Waals surface area (Å²) in [5.74, 6) is 1.57. The Bertz CT molecular complexity index is 670. The first-order valence-electron chi connectivity index (χ1n) is 7.62. The second-order valence-corrected chi connectivity index (χ2v) is 5.66. The van der Waals surface area contributed by atoms with Crippen LogP contribution in [0.1, 0.15) is 37.9 Å². The van der Waals surface area contributed by atoms with Crippen molar-refractivity contribution < 1.29 is 0 Å². The molecule has 3 rings (SSSR count). The molecule has 0 bridgehead atoms. The van der Waals surface area contributed by atoms with Crippen molar-refractivity contribution in [2.75, 3.05) is 18.0 Å². The Balaban J connectivity index is 1.99. The maximum Gasteiger partial charge on any atom is 0.349 e. The van der Waals surface area contributed by atoms with Crippen LogP contribution >= 0.6 is 0 Å². The Morgan fingerprint density at radius 2 is 2.24 bits per heavy atom. The van der Waals surface area contributed by atoms with Gasteiger partial charge in [0.25, 0.3) is 0 Å². The third kappa shape index (κ3) is 2.65. The van der Waals surface area contributed by atoms with Gasteiger partial charge in [-0.15, -0.1) is 0 Å². The number of rotatable bonds is 5. The van der Waals surface area contributed by atoms with Crippen LogP contribution in [0.2, 0.25) is 0 Å². The van der Waals surface area contributed by atoms with Gasteiger partial charge in [0.05, 0.1) is 0 Å². The van der Waals surface area contributed by atoms with E-state index in [0.717, 1.165) is 18.8 Å². The minimum Gasteiger partial charge on any atom is -0.353 e. The van der Waals surface area contributed by atoms with Crippen LogP contribution in [0.4, 0.5) is 5.82 Å². The summed E-state index contributed by atoms with van der Waals surface area (Å²) < 4.78 is 1.50. The molecule has 114 valence electrons. The van der Waals surface area contributed by atoms with E-state index in [1.807, 2.05) is 13.0 Å². The number of hydrogen-bond acceptors (Lipinski definition) is 5. The first kappa shape index (κ1) is 14.1. The first-order valence-corrected chi connectivity index (χ1v) is 7.62. The summed E-state index contributed by atoms with van der Waals surface area (Å²) in [5, 5.41) is 6.54. The van der Waals surface area contributed by atoms with Crippen LogP contribution in [0.25, 0.3) is 5.65 Å². The fourth-order valence-electron chi connectivity index (χ4n) is 3.19. The van der Waals surface area contributed by atoms with Crippen LogP contribution in [0, 0.1) is 6.92 Å². The summed E-state index contributed by atoms with van der Waals surface area (Å²) in [4.78, 5) is 18.6. The van der Waals surface area contributed by atoms with E-state index >= 15 is 0 Å². The molecule has 1 aliphatic rings. The summed E-state index contributed by atoms with van der Waals surface area (Å²) >= 11 is 0. The molecule has 7 nitrogen and oxygen atoms in total. The summed E-state index contributed by atoms with van der Waals surface area (Å²) in [6.07, 6.45) is 5.88. The summed E-state index contributed by atoms with van der Waals surface area (Å²) in [7, 11) is 0. The van der Waals surface area contributed by atoms with Gasteiger partial charge in [0.1, 0.15) is 11.6 Å². The summed E-state index contributed by atoms with van der Waals surface area (Å²) in [5.41, 5.74) is 6.05. The van der Waals surface area contributed by atoms with Gasteiger partial charge in [-0.05, 0) is 32.7 Å². The molecule has 7 heteroatoms. The van der Waals surface area contributed by atoms with E-state index in [4.69, 9.17) is 5.73 Å². The highest BCUT2D eigenvalue weighted by Gasteiger charge is 2.24. The van der Waals surface area contributed by atoms with Crippen molar-refractivity contribution in [1.29, 1.82) is 0 Å². The van der Waals surface area contributed by atoms with Gasteiger partial charge in [0.15, 0.2) is 5.65 Å². The monoisotopic (exact) mass is 290 g/mol. The van der Waals surface area contributed by atoms with Gasteiger partial charge in [-0.1, -0.05) is 12.8 Å². The Morgan fingerprint density at radius 1 is 1.48 bits per heavy atom. The molecule has 0 aliphatic heterocycles. The predicted octanol–water partition coefficient (Wildman–Crippen LogP) is 0.824. The Labute approximate surface area is 123 Å². The molecule has 0 atom stereocenters. The highest BCUT2D eigenvalue weighted by atomic mass is 16.1. The molecule has 0 amide bonds. The average Bonchev–Trinajstić information content (AvgIpc) is 3.10. The molecule has 0 aromatic carbocycles. The molecule has 1 aliphatic carbocycles. The lowest BCUT2D eigenvalue weighted by Gasteiger charge is -2.30. The van der Waals surface area contributed by atoms with E-state index in [1.54, 1.807) is 0 Å². The zero-order valence-corrected chi connectivity index (χ0v) is 12.4. The molecule has 0 spiro atoms. The quantitative estimate of drug-likeness (QED) is 0.850. The van der Waals surface area contributed by atoms with Crippen molar-refractivity contribution in [3.8, 4) is 0 Å². The normalized spacial score (nSPS) is 15.9. The lowest BCUT2D eigenvalue weighted by atomic mass is 10.2. The van der Waals surface area contributed by atoms with Crippen LogP contribution < -0.4 is 16.3 Å². The largest absolute Gasteiger partial charge is 0.353 e. The van der Waals surface area contributed by atoms with Crippen LogP contribution in [0.3, 0.4) is 0 Å². The van der Waals surface area contributed by atoms with Crippen molar-refractivity contribution in [3.63, 3.8) is 0 Å². The van der Waals surface area contributed by atoms with E-state index < -0.39 is 0 Å². The Morgan fingerprint density at radius 3 is 2.95 bits per heavy atom. The number of hydrogen-bond donors (Lipinski definition) is 2. The van der Waals surface area contributed by atoms with Gasteiger partial charge in [-0.2, -0.15) is 5.10 Å². The lowest BCUT2D eigenvalue weighted by Crippen LogP contribution is -2.36. The third-order valence-electron chi connectivity index (χ3n) is 4.22. The second-order valence-electron chi connectivity index (χ2n) is 5.66. The number of aromatic nitrogens is 4. The molecular formula is C14H22N6O. The van der Waals surface area contributed by atoms with Crippen LogP contribution in [0.15, 0.2) is 10.9 Å². The molecule has 2 aromatic rings. The molecule has 21 heavy (non-hydrogen) atoms. The number of fused-ring (bicyclic) bond motifs is 1. The summed E-state index contributed by atoms with van der Waals surface area (Å²) in [6.45, 7) is 3.41. The van der Waals surface area contributed by atoms with Gasteiger partial charge in [0, 0.05) is 18.7 Å². The number of anilines is 1. The number of nitrogens with zero attached hydrogens (tertiary/aromatic N) is 4. The fraction of sp³-hybridized carbons (Fsp3) is 0.643. The predicted molar refractivity (Wildman–Crippen MR) is 81.6 cm³/mol. The highest BCUT2D eigenvalue weighted by molar-refractivity contribution is 5.52. The topological polar surface area (TPSA) is 92.3 Å². The maximum atomic E-state index is 11.7. The number of nitrogens with one attached hydrogen (secondary N) is 1. The molecule has 3 N–H and O–H groups in total. The van der Waals surface area contributed by atoms with Crippen LogP contribution in [-0.4, -0.2) is 38.7 Å². The van der Waals surface area contributed by atoms with Crippen molar-refractivity contribution in [1.82, 2.24) is 19.6 Å². The van der Waals surface area contributed by atoms with Gasteiger partial charge >= 0.3 is 5.69 Å². The fourth-order valence-corrected chi connectivity index (χ4v) is 3.19. The number of H-pyrrole nitrogens is 1. The molecule has 0 unspecified atom stereocenters. The van der Waals surface area contributed by atoms with Gasteiger partial charge in [-0.3, -0.25) is 0 Å². The SMILES string of the molecule is Cc1nc(N(CCCN)C2CCCC2)cc2n[nH]c(=O)n12. The van der Waals surface area contributed by atoms with Crippen LogP contribution in [-0.2, 0) is 0 Å². The molecule has 0 saturated heterocycles. The smallest absolute Gasteiger partial charge is 0.349 e. The zero-order valence-electron chi connectivity index (χ0n) is 12.4. The van der Waals surface area contributed by atoms with Crippen LogP contribution in [0.5, 0.6) is 0 Å².